The van der Waals surface area contributed by atoms with Gasteiger partial charge in [0, 0.05) is 6.54 Å². The number of hydrogen-bond donors (Lipinski definition) is 1. The molecule has 0 fully saturated rings. The molecule has 0 aliphatic heterocycles. The van der Waals surface area contributed by atoms with E-state index in [-0.39, 0.29) is 31.9 Å². The van der Waals surface area contributed by atoms with Gasteiger partial charge in [-0.2, -0.15) is 0 Å². The molecule has 0 spiro atoms. The van der Waals surface area contributed by atoms with Crippen molar-refractivity contribution in [3.8, 4) is 0 Å². The fraction of sp³-hybridized carbons (Fsp3) is 0.357. The number of nitrogens with zero attached hydrogens (tertiary/aromatic N) is 4. The average molecular weight is 568 g/mol. The molecule has 2 heterocycles. The largest absolute Gasteiger partial charge is 0.367 e. The van der Waals surface area contributed by atoms with Crippen LogP contribution in [0, 0.1) is 0 Å². The second kappa shape index (κ2) is 15.4. The molecular formula is C28H34N5O6P. The van der Waals surface area contributed by atoms with Crippen LogP contribution in [0.4, 0.5) is 0 Å². The summed E-state index contributed by atoms with van der Waals surface area (Å²) in [6.45, 7) is 3.31. The third kappa shape index (κ3) is 8.77. The molecule has 0 bridgehead atoms. The number of carbonyl (C=O) groups is 1. The Morgan fingerprint density at radius 2 is 1.57 bits per heavy atom. The Morgan fingerprint density at radius 1 is 0.900 bits per heavy atom. The molecule has 4 aromatic rings. The Morgan fingerprint density at radius 3 is 2.23 bits per heavy atom. The Hall–Kier alpha value is -3.47. The number of hydrogen-bond acceptors (Lipinski definition) is 9. The van der Waals surface area contributed by atoms with Gasteiger partial charge in [-0.25, -0.2) is 20.4 Å². The highest BCUT2D eigenvalue weighted by atomic mass is 31.2. The molecule has 1 amide bonds. The number of carbonyl (C=O) groups excluding carboxylic acids is 1. The summed E-state index contributed by atoms with van der Waals surface area (Å²) in [7, 11) is -3.58. The van der Waals surface area contributed by atoms with Crippen LogP contribution in [-0.2, 0) is 42.9 Å². The van der Waals surface area contributed by atoms with E-state index in [2.05, 4.69) is 27.4 Å². The molecule has 2 aromatic carbocycles. The van der Waals surface area contributed by atoms with Gasteiger partial charge in [-0.05, 0) is 17.5 Å². The number of ether oxygens (including phenoxy) is 1. The van der Waals surface area contributed by atoms with E-state index in [1.165, 1.54) is 6.33 Å². The molecule has 0 atom stereocenters. The quantitative estimate of drug-likeness (QED) is 0.103. The molecule has 2 aromatic heterocycles. The zero-order chi connectivity index (χ0) is 28.0. The van der Waals surface area contributed by atoms with Crippen molar-refractivity contribution in [3.63, 3.8) is 0 Å². The summed E-state index contributed by atoms with van der Waals surface area (Å²) in [5, 5.41) is 0. The molecule has 11 nitrogen and oxygen atoms in total. The first-order valence-corrected chi connectivity index (χ1v) is 14.9. The fourth-order valence-corrected chi connectivity index (χ4v) is 5.01. The van der Waals surface area contributed by atoms with Crippen LogP contribution in [0.15, 0.2) is 73.3 Å². The van der Waals surface area contributed by atoms with Crippen molar-refractivity contribution in [2.24, 2.45) is 0 Å². The number of imidazole rings is 1. The van der Waals surface area contributed by atoms with Crippen LogP contribution in [0.5, 0.6) is 0 Å². The fourth-order valence-electron chi connectivity index (χ4n) is 3.74. The van der Waals surface area contributed by atoms with Crippen molar-refractivity contribution < 1.29 is 28.0 Å². The van der Waals surface area contributed by atoms with Gasteiger partial charge in [0.15, 0.2) is 11.3 Å². The van der Waals surface area contributed by atoms with E-state index in [4.69, 9.17) is 18.6 Å². The normalized spacial score (nSPS) is 11.6. The van der Waals surface area contributed by atoms with Crippen LogP contribution >= 0.6 is 7.60 Å². The van der Waals surface area contributed by atoms with Crippen molar-refractivity contribution >= 4 is 24.7 Å². The highest BCUT2D eigenvalue weighted by molar-refractivity contribution is 7.53. The van der Waals surface area contributed by atoms with Gasteiger partial charge in [0.2, 0.25) is 0 Å². The minimum atomic E-state index is -3.58. The number of rotatable bonds is 17. The van der Waals surface area contributed by atoms with Crippen molar-refractivity contribution in [3.05, 3.63) is 90.1 Å². The molecular weight excluding hydrogens is 533 g/mol. The smallest absolute Gasteiger partial charge is 0.356 e. The Bertz CT molecular complexity index is 1340. The standard InChI is InChI=1S/C28H34N5O6P/c1-2-3-10-16-37-32-28(34)26-25-27(30-20-29-26)33(21-31-25)15-17-36-22-40(35,38-18-23-11-6-4-7-12-23)39-19-24-13-8-5-9-14-24/h4-9,11-14,20-21H,2-3,10,15-19,22H2,1H3,(H,32,34). The summed E-state index contributed by atoms with van der Waals surface area (Å²) in [6.07, 6.45) is 5.57. The van der Waals surface area contributed by atoms with Crippen LogP contribution in [0.1, 0.15) is 47.8 Å². The lowest BCUT2D eigenvalue weighted by atomic mass is 10.2. The molecule has 40 heavy (non-hydrogen) atoms. The molecule has 1 N–H and O–H groups in total. The SMILES string of the molecule is CCCCCONC(=O)c1ncnc2c1ncn2CCOCP(=O)(OCc1ccccc1)OCc1ccccc1. The highest BCUT2D eigenvalue weighted by Gasteiger charge is 2.26. The maximum absolute atomic E-state index is 13.5. The zero-order valence-electron chi connectivity index (χ0n) is 22.5. The van der Waals surface area contributed by atoms with Crippen LogP contribution in [0.25, 0.3) is 11.2 Å². The lowest BCUT2D eigenvalue weighted by Gasteiger charge is -2.19. The number of unbranched alkanes of at least 4 members (excludes halogenated alkanes) is 2. The number of amides is 1. The van der Waals surface area contributed by atoms with Gasteiger partial charge >= 0.3 is 7.60 Å². The lowest BCUT2D eigenvalue weighted by Crippen LogP contribution is -2.25. The van der Waals surface area contributed by atoms with Crippen molar-refractivity contribution in [1.82, 2.24) is 25.0 Å². The molecule has 212 valence electrons. The summed E-state index contributed by atoms with van der Waals surface area (Å²) >= 11 is 0. The van der Waals surface area contributed by atoms with Crippen LogP contribution in [0.3, 0.4) is 0 Å². The Labute approximate surface area is 233 Å². The highest BCUT2D eigenvalue weighted by Crippen LogP contribution is 2.49. The summed E-state index contributed by atoms with van der Waals surface area (Å²) in [5.41, 5.74) is 5.10. The van der Waals surface area contributed by atoms with Gasteiger partial charge in [0.1, 0.15) is 18.2 Å². The van der Waals surface area contributed by atoms with Gasteiger partial charge in [-0.3, -0.25) is 14.2 Å². The van der Waals surface area contributed by atoms with Crippen molar-refractivity contribution in [2.75, 3.05) is 19.6 Å². The minimum absolute atomic E-state index is 0.119. The lowest BCUT2D eigenvalue weighted by molar-refractivity contribution is 0.0295. The summed E-state index contributed by atoms with van der Waals surface area (Å²) in [5.74, 6) is -0.488. The molecule has 4 rings (SSSR count). The number of aromatic nitrogens is 4. The number of hydroxylamine groups is 1. The molecule has 0 radical (unpaired) electrons. The van der Waals surface area contributed by atoms with E-state index < -0.39 is 13.5 Å². The first kappa shape index (κ1) is 29.5. The minimum Gasteiger partial charge on any atom is -0.367 e. The van der Waals surface area contributed by atoms with Crippen LogP contribution in [0.2, 0.25) is 0 Å². The first-order chi connectivity index (χ1) is 19.6. The number of benzene rings is 2. The summed E-state index contributed by atoms with van der Waals surface area (Å²) < 4.78 is 32.5. The van der Waals surface area contributed by atoms with Crippen LogP contribution < -0.4 is 5.48 Å². The van der Waals surface area contributed by atoms with E-state index >= 15 is 0 Å². The van der Waals surface area contributed by atoms with E-state index in [0.29, 0.717) is 24.3 Å². The molecule has 0 aliphatic rings. The summed E-state index contributed by atoms with van der Waals surface area (Å²) in [6, 6.07) is 18.9. The molecule has 0 saturated carbocycles. The summed E-state index contributed by atoms with van der Waals surface area (Å²) in [4.78, 5) is 30.4. The van der Waals surface area contributed by atoms with Gasteiger partial charge in [0.25, 0.3) is 5.91 Å². The zero-order valence-corrected chi connectivity index (χ0v) is 23.4. The molecule has 0 unspecified atom stereocenters. The molecule has 0 aliphatic carbocycles. The average Bonchev–Trinajstić information content (AvgIpc) is 3.41. The second-order valence-electron chi connectivity index (χ2n) is 8.99. The first-order valence-electron chi connectivity index (χ1n) is 13.2. The third-order valence-electron chi connectivity index (χ3n) is 5.90. The van der Waals surface area contributed by atoms with E-state index in [1.807, 2.05) is 60.7 Å². The number of nitrogens with one attached hydrogen (secondary N) is 1. The maximum atomic E-state index is 13.5. The topological polar surface area (TPSA) is 127 Å². The van der Waals surface area contributed by atoms with Crippen molar-refractivity contribution in [2.45, 2.75) is 45.9 Å². The Kier molecular flexibility index (Phi) is 11.3. The van der Waals surface area contributed by atoms with E-state index in [0.717, 1.165) is 30.4 Å². The second-order valence-corrected chi connectivity index (χ2v) is 11.0. The van der Waals surface area contributed by atoms with Gasteiger partial charge in [-0.1, -0.05) is 80.4 Å². The predicted molar refractivity (Wildman–Crippen MR) is 149 cm³/mol. The van der Waals surface area contributed by atoms with Gasteiger partial charge < -0.3 is 18.4 Å². The maximum Gasteiger partial charge on any atom is 0.356 e. The monoisotopic (exact) mass is 567 g/mol. The van der Waals surface area contributed by atoms with Gasteiger partial charge in [-0.15, -0.1) is 0 Å². The van der Waals surface area contributed by atoms with E-state index in [9.17, 15) is 9.36 Å². The van der Waals surface area contributed by atoms with Crippen molar-refractivity contribution in [1.29, 1.82) is 0 Å². The van der Waals surface area contributed by atoms with E-state index in [1.54, 1.807) is 10.9 Å². The third-order valence-corrected chi connectivity index (χ3v) is 7.44. The molecule has 12 heteroatoms. The molecule has 0 saturated heterocycles. The van der Waals surface area contributed by atoms with Crippen LogP contribution in [-0.4, -0.2) is 45.0 Å². The Balaban J connectivity index is 1.33. The number of fused-ring (bicyclic) bond motifs is 1. The predicted octanol–water partition coefficient (Wildman–Crippen LogP) is 5.28. The van der Waals surface area contributed by atoms with Gasteiger partial charge in [0.05, 0.1) is 32.8 Å².